The number of hydrogen-bond donors (Lipinski definition) is 0. The van der Waals surface area contributed by atoms with Crippen LogP contribution in [-0.2, 0) is 10.8 Å². The lowest BCUT2D eigenvalue weighted by Crippen LogP contribution is -2.12. The second-order valence-corrected chi connectivity index (χ2v) is 9.72. The van der Waals surface area contributed by atoms with E-state index in [9.17, 15) is 0 Å². The molecule has 0 fully saturated rings. The summed E-state index contributed by atoms with van der Waals surface area (Å²) in [6.07, 6.45) is 1.84. The van der Waals surface area contributed by atoms with Crippen molar-refractivity contribution >= 4 is 28.9 Å². The molecule has 0 radical (unpaired) electrons. The minimum atomic E-state index is 0.0867. The van der Waals surface area contributed by atoms with Crippen LogP contribution in [0.4, 0.5) is 22.9 Å². The van der Waals surface area contributed by atoms with Gasteiger partial charge in [-0.05, 0) is 37.2 Å². The first kappa shape index (κ1) is 19.3. The minimum Gasteiger partial charge on any atom is -0.188 e. The smallest absolute Gasteiger partial charge is 0.188 e. The fourth-order valence-corrected chi connectivity index (χ4v) is 3.54. The zero-order chi connectivity index (χ0) is 20.8. The maximum Gasteiger partial charge on any atom is 0.504 e. The molecule has 146 valence electrons. The van der Waals surface area contributed by atoms with E-state index in [1.165, 1.54) is 11.1 Å². The Morgan fingerprint density at radius 2 is 1.24 bits per heavy atom. The number of hydrogen-bond acceptors (Lipinski definition) is 1. The van der Waals surface area contributed by atoms with E-state index in [1.807, 2.05) is 12.3 Å². The fraction of sp³-hybridized carbons (Fsp3) is 0.308. The van der Waals surface area contributed by atoms with Gasteiger partial charge in [0.25, 0.3) is 0 Å². The average molecular weight is 384 g/mol. The largest absolute Gasteiger partial charge is 0.504 e. The van der Waals surface area contributed by atoms with Gasteiger partial charge in [0.15, 0.2) is 0 Å². The van der Waals surface area contributed by atoms with Gasteiger partial charge in [0.1, 0.15) is 0 Å². The molecule has 1 aliphatic heterocycles. The molecule has 3 heteroatoms. The number of benzene rings is 2. The van der Waals surface area contributed by atoms with Crippen molar-refractivity contribution < 1.29 is 0 Å². The van der Waals surface area contributed by atoms with Gasteiger partial charge in [0.05, 0.1) is 0 Å². The zero-order valence-corrected chi connectivity index (χ0v) is 18.2. The normalized spacial score (nSPS) is 13.7. The van der Waals surface area contributed by atoms with Gasteiger partial charge in [-0.25, -0.2) is 0 Å². The van der Waals surface area contributed by atoms with Crippen LogP contribution in [0.25, 0.3) is 0 Å². The summed E-state index contributed by atoms with van der Waals surface area (Å²) in [5, 5.41) is 0. The van der Waals surface area contributed by atoms with Crippen molar-refractivity contribution in [2.24, 2.45) is 0 Å². The van der Waals surface area contributed by atoms with Crippen LogP contribution < -0.4 is 9.15 Å². The van der Waals surface area contributed by atoms with E-state index in [1.54, 1.807) is 0 Å². The van der Waals surface area contributed by atoms with Crippen LogP contribution >= 0.6 is 0 Å². The van der Waals surface area contributed by atoms with Crippen LogP contribution in [0.5, 0.6) is 0 Å². The van der Waals surface area contributed by atoms with E-state index in [0.29, 0.717) is 0 Å². The van der Waals surface area contributed by atoms with Gasteiger partial charge in [0.2, 0.25) is 11.4 Å². The molecule has 0 bridgehead atoms. The Morgan fingerprint density at radius 1 is 0.690 bits per heavy atom. The van der Waals surface area contributed by atoms with E-state index in [4.69, 9.17) is 0 Å². The lowest BCUT2D eigenvalue weighted by Gasteiger charge is -2.18. The molecule has 2 heterocycles. The van der Waals surface area contributed by atoms with Gasteiger partial charge in [-0.3, -0.25) is 0 Å². The lowest BCUT2D eigenvalue weighted by molar-refractivity contribution is 0.590. The maximum atomic E-state index is 4.68. The molecule has 1 aromatic heterocycles. The third-order valence-electron chi connectivity index (χ3n) is 5.36. The molecule has 0 unspecified atom stereocenters. The van der Waals surface area contributed by atoms with Crippen LogP contribution in [0.1, 0.15) is 52.7 Å². The van der Waals surface area contributed by atoms with Gasteiger partial charge in [-0.15, -0.1) is 0 Å². The molecule has 0 atom stereocenters. The van der Waals surface area contributed by atoms with Crippen molar-refractivity contribution in [3.63, 3.8) is 0 Å². The van der Waals surface area contributed by atoms with E-state index in [2.05, 4.69) is 116 Å². The van der Waals surface area contributed by atoms with Crippen LogP contribution in [0.2, 0.25) is 0 Å². The highest BCUT2D eigenvalue weighted by Crippen LogP contribution is 2.36. The van der Waals surface area contributed by atoms with E-state index in [-0.39, 0.29) is 10.8 Å². The Balaban J connectivity index is 1.92. The van der Waals surface area contributed by atoms with Gasteiger partial charge in [-0.2, -0.15) is 4.98 Å². The molecule has 0 N–H and O–H groups in total. The summed E-state index contributed by atoms with van der Waals surface area (Å²) in [5.41, 5.74) is 5.99. The zero-order valence-electron chi connectivity index (χ0n) is 18.2. The fourth-order valence-electron chi connectivity index (χ4n) is 3.54. The lowest BCUT2D eigenvalue weighted by atomic mass is 9.87. The van der Waals surface area contributed by atoms with E-state index in [0.717, 1.165) is 22.9 Å². The summed E-state index contributed by atoms with van der Waals surface area (Å²) < 4.78 is 4.18. The van der Waals surface area contributed by atoms with Crippen LogP contribution in [0.15, 0.2) is 66.9 Å². The molecule has 0 saturated heterocycles. The molecular weight excluding hydrogens is 354 g/mol. The number of fused-ring (bicyclic) bond motifs is 1. The van der Waals surface area contributed by atoms with Gasteiger partial charge < -0.3 is 0 Å². The number of aromatic nitrogens is 1. The monoisotopic (exact) mass is 383 g/mol. The number of pyridine rings is 1. The van der Waals surface area contributed by atoms with Gasteiger partial charge in [0, 0.05) is 36.5 Å². The van der Waals surface area contributed by atoms with Crippen molar-refractivity contribution in [3.05, 3.63) is 78.0 Å². The molecule has 0 spiro atoms. The molecule has 4 rings (SSSR count). The minimum absolute atomic E-state index is 0.0867. The van der Waals surface area contributed by atoms with E-state index >= 15 is 0 Å². The Bertz CT molecular complexity index is 1060. The predicted octanol–water partition coefficient (Wildman–Crippen LogP) is 6.53. The Kier molecular flexibility index (Phi) is 4.52. The second kappa shape index (κ2) is 6.79. The second-order valence-electron chi connectivity index (χ2n) is 9.72. The summed E-state index contributed by atoms with van der Waals surface area (Å²) in [6.45, 7) is 13.4. The highest BCUT2D eigenvalue weighted by atomic mass is 15.2. The summed E-state index contributed by atoms with van der Waals surface area (Å²) in [5.74, 6) is 0.903. The molecule has 1 aliphatic rings. The van der Waals surface area contributed by atoms with Crippen molar-refractivity contribution in [1.82, 2.24) is 14.1 Å². The molecule has 3 nitrogen and oxygen atoms in total. The van der Waals surface area contributed by atoms with Crippen LogP contribution in [-0.4, -0.2) is 11.0 Å². The molecule has 0 saturated carbocycles. The summed E-state index contributed by atoms with van der Waals surface area (Å²) in [4.78, 5) is 4.68. The standard InChI is InChI=1S/C26H29N3/c1-25(2,3)19-10-7-12-21(16-19)28-18-29(24-23(28)14-9-15-27-24)22-13-8-11-20(17-22)26(4,5)6/h7-17H,1-6H3/q+2. The first-order valence-electron chi connectivity index (χ1n) is 10.2. The van der Waals surface area contributed by atoms with Crippen LogP contribution in [0.3, 0.4) is 0 Å². The first-order chi connectivity index (χ1) is 13.6. The Morgan fingerprint density at radius 3 is 1.79 bits per heavy atom. The molecule has 29 heavy (non-hydrogen) atoms. The summed E-state index contributed by atoms with van der Waals surface area (Å²) in [6, 6.07) is 25.0. The van der Waals surface area contributed by atoms with Crippen molar-refractivity contribution in [2.45, 2.75) is 52.4 Å². The SMILES string of the molecule is CC(C)(C)c1cccc([N+]2=C=[N+](c3cccc(C(C)(C)C)c3)c3ncccc32)c1. The van der Waals surface area contributed by atoms with Crippen molar-refractivity contribution in [1.29, 1.82) is 0 Å². The third-order valence-corrected chi connectivity index (χ3v) is 5.36. The first-order valence-corrected chi connectivity index (χ1v) is 10.2. The Labute approximate surface area is 173 Å². The van der Waals surface area contributed by atoms with Gasteiger partial charge in [-0.1, -0.05) is 65.8 Å². The van der Waals surface area contributed by atoms with Crippen molar-refractivity contribution in [3.8, 4) is 0 Å². The van der Waals surface area contributed by atoms with Gasteiger partial charge >= 0.3 is 17.5 Å². The molecule has 0 aliphatic carbocycles. The summed E-state index contributed by atoms with van der Waals surface area (Å²) >= 11 is 0. The molecular formula is C26H29N3+2. The molecule has 0 amide bonds. The average Bonchev–Trinajstić information content (AvgIpc) is 3.07. The number of rotatable bonds is 2. The third kappa shape index (κ3) is 3.66. The predicted molar refractivity (Wildman–Crippen MR) is 122 cm³/mol. The Hall–Kier alpha value is -3.03. The molecule has 3 aromatic rings. The van der Waals surface area contributed by atoms with Crippen molar-refractivity contribution in [2.75, 3.05) is 0 Å². The highest BCUT2D eigenvalue weighted by molar-refractivity contribution is 5.82. The quantitative estimate of drug-likeness (QED) is 0.360. The number of nitrogens with zero attached hydrogens (tertiary/aromatic N) is 3. The topological polar surface area (TPSA) is 18.9 Å². The highest BCUT2D eigenvalue weighted by Gasteiger charge is 2.38. The molecule has 2 aromatic carbocycles. The van der Waals surface area contributed by atoms with E-state index < -0.39 is 0 Å². The van der Waals surface area contributed by atoms with Crippen LogP contribution in [0, 0.1) is 0 Å². The summed E-state index contributed by atoms with van der Waals surface area (Å²) in [7, 11) is 0. The maximum absolute atomic E-state index is 4.68.